The predicted octanol–water partition coefficient (Wildman–Crippen LogP) is 4.54. The van der Waals surface area contributed by atoms with Gasteiger partial charge in [0.1, 0.15) is 11.6 Å². The third-order valence-electron chi connectivity index (χ3n) is 3.94. The number of rotatable bonds is 6. The smallest absolute Gasteiger partial charge is 0.261 e. The van der Waals surface area contributed by atoms with Crippen LogP contribution in [0.25, 0.3) is 0 Å². The standard InChI is InChI=1S/C20H16ClFN2O4S/c1-28-16-7-9-17(10-8-16)29(26,27)24-19-12-13(2-11-18(19)21)20(25)23-15-5-3-14(22)4-6-15/h2-12,24H,1H3,(H,23,25). The van der Waals surface area contributed by atoms with Crippen LogP contribution in [-0.2, 0) is 10.0 Å². The molecule has 0 aliphatic carbocycles. The Hall–Kier alpha value is -3.10. The fourth-order valence-electron chi connectivity index (χ4n) is 2.44. The summed E-state index contributed by atoms with van der Waals surface area (Å²) in [5.41, 5.74) is 0.618. The van der Waals surface area contributed by atoms with Crippen LogP contribution in [0.15, 0.2) is 71.6 Å². The maximum Gasteiger partial charge on any atom is 0.261 e. The number of sulfonamides is 1. The summed E-state index contributed by atoms with van der Waals surface area (Å²) in [5.74, 6) is -0.413. The Morgan fingerprint density at radius 2 is 1.66 bits per heavy atom. The molecule has 0 radical (unpaired) electrons. The predicted molar refractivity (Wildman–Crippen MR) is 110 cm³/mol. The van der Waals surface area contributed by atoms with E-state index in [1.807, 2.05) is 0 Å². The third kappa shape index (κ3) is 5.04. The van der Waals surface area contributed by atoms with Crippen molar-refractivity contribution in [2.75, 3.05) is 17.1 Å². The van der Waals surface area contributed by atoms with Crippen molar-refractivity contribution >= 4 is 38.9 Å². The van der Waals surface area contributed by atoms with Crippen LogP contribution in [0.1, 0.15) is 10.4 Å². The Labute approximate surface area is 172 Å². The van der Waals surface area contributed by atoms with Crippen molar-refractivity contribution in [2.45, 2.75) is 4.90 Å². The summed E-state index contributed by atoms with van der Waals surface area (Å²) in [7, 11) is -2.45. The minimum atomic E-state index is -3.93. The zero-order chi connectivity index (χ0) is 21.0. The Morgan fingerprint density at radius 1 is 1.00 bits per heavy atom. The molecule has 1 amide bonds. The van der Waals surface area contributed by atoms with Crippen molar-refractivity contribution in [1.29, 1.82) is 0 Å². The molecule has 0 heterocycles. The first-order chi connectivity index (χ1) is 13.8. The first-order valence-electron chi connectivity index (χ1n) is 8.32. The van der Waals surface area contributed by atoms with E-state index in [-0.39, 0.29) is 21.2 Å². The number of amides is 1. The molecule has 0 saturated heterocycles. The fourth-order valence-corrected chi connectivity index (χ4v) is 3.73. The van der Waals surface area contributed by atoms with Gasteiger partial charge in [0.15, 0.2) is 0 Å². The molecule has 0 aromatic heterocycles. The first-order valence-corrected chi connectivity index (χ1v) is 10.2. The second-order valence-electron chi connectivity index (χ2n) is 5.94. The molecule has 0 atom stereocenters. The Morgan fingerprint density at radius 3 is 2.28 bits per heavy atom. The normalized spacial score (nSPS) is 11.0. The van der Waals surface area contributed by atoms with Crippen molar-refractivity contribution in [3.63, 3.8) is 0 Å². The summed E-state index contributed by atoms with van der Waals surface area (Å²) < 4.78 is 45.6. The number of benzene rings is 3. The Kier molecular flexibility index (Phi) is 6.05. The van der Waals surface area contributed by atoms with Gasteiger partial charge in [-0.2, -0.15) is 0 Å². The summed E-state index contributed by atoms with van der Waals surface area (Å²) in [6.07, 6.45) is 0. The lowest BCUT2D eigenvalue weighted by Gasteiger charge is -2.12. The summed E-state index contributed by atoms with van der Waals surface area (Å²) in [4.78, 5) is 12.4. The molecule has 0 bridgehead atoms. The quantitative estimate of drug-likeness (QED) is 0.596. The van der Waals surface area contributed by atoms with Crippen LogP contribution in [0.4, 0.5) is 15.8 Å². The van der Waals surface area contributed by atoms with Crippen LogP contribution in [-0.4, -0.2) is 21.4 Å². The zero-order valence-corrected chi connectivity index (χ0v) is 16.7. The van der Waals surface area contributed by atoms with Gasteiger partial charge in [-0.1, -0.05) is 11.6 Å². The molecule has 0 aliphatic rings. The minimum absolute atomic E-state index is 0.00975. The molecule has 150 valence electrons. The van der Waals surface area contributed by atoms with Crippen LogP contribution in [0.3, 0.4) is 0 Å². The van der Waals surface area contributed by atoms with Crippen molar-refractivity contribution in [2.24, 2.45) is 0 Å². The van der Waals surface area contributed by atoms with Crippen LogP contribution < -0.4 is 14.8 Å². The number of anilines is 2. The molecule has 6 nitrogen and oxygen atoms in total. The van der Waals surface area contributed by atoms with E-state index in [9.17, 15) is 17.6 Å². The maximum absolute atomic E-state index is 13.0. The monoisotopic (exact) mass is 434 g/mol. The summed E-state index contributed by atoms with van der Waals surface area (Å²) >= 11 is 6.10. The van der Waals surface area contributed by atoms with Gasteiger partial charge in [-0.15, -0.1) is 0 Å². The van der Waals surface area contributed by atoms with E-state index in [2.05, 4.69) is 10.0 Å². The van der Waals surface area contributed by atoms with Crippen molar-refractivity contribution < 1.29 is 22.3 Å². The highest BCUT2D eigenvalue weighted by Gasteiger charge is 2.17. The molecule has 0 spiro atoms. The van der Waals surface area contributed by atoms with E-state index < -0.39 is 21.7 Å². The SMILES string of the molecule is COc1ccc(S(=O)(=O)Nc2cc(C(=O)Nc3ccc(F)cc3)ccc2Cl)cc1. The average molecular weight is 435 g/mol. The van der Waals surface area contributed by atoms with E-state index in [1.165, 1.54) is 73.8 Å². The molecule has 0 unspecified atom stereocenters. The highest BCUT2D eigenvalue weighted by atomic mass is 35.5. The molecule has 3 aromatic rings. The molecule has 2 N–H and O–H groups in total. The number of nitrogens with one attached hydrogen (secondary N) is 2. The van der Waals surface area contributed by atoms with Gasteiger partial charge in [0, 0.05) is 11.3 Å². The largest absolute Gasteiger partial charge is 0.497 e. The van der Waals surface area contributed by atoms with E-state index in [0.29, 0.717) is 11.4 Å². The Balaban J connectivity index is 1.82. The second kappa shape index (κ2) is 8.50. The number of hydrogen-bond donors (Lipinski definition) is 2. The summed E-state index contributed by atoms with van der Waals surface area (Å²) in [5, 5.41) is 2.72. The van der Waals surface area contributed by atoms with Gasteiger partial charge in [-0.3, -0.25) is 9.52 Å². The first kappa shape index (κ1) is 20.6. The molecule has 3 rings (SSSR count). The number of halogens is 2. The van der Waals surface area contributed by atoms with E-state index in [0.717, 1.165) is 0 Å². The van der Waals surface area contributed by atoms with Crippen molar-refractivity contribution in [1.82, 2.24) is 0 Å². The summed E-state index contributed by atoms with van der Waals surface area (Å²) in [6, 6.07) is 15.2. The van der Waals surface area contributed by atoms with Gasteiger partial charge < -0.3 is 10.1 Å². The molecular weight excluding hydrogens is 419 g/mol. The lowest BCUT2D eigenvalue weighted by atomic mass is 10.2. The van der Waals surface area contributed by atoms with E-state index in [1.54, 1.807) is 0 Å². The lowest BCUT2D eigenvalue weighted by Crippen LogP contribution is -2.15. The van der Waals surface area contributed by atoms with Crippen LogP contribution >= 0.6 is 11.6 Å². The maximum atomic E-state index is 13.0. The van der Waals surface area contributed by atoms with Gasteiger partial charge in [0.25, 0.3) is 15.9 Å². The van der Waals surface area contributed by atoms with Gasteiger partial charge in [-0.25, -0.2) is 12.8 Å². The number of hydrogen-bond acceptors (Lipinski definition) is 4. The van der Waals surface area contributed by atoms with E-state index in [4.69, 9.17) is 16.3 Å². The molecule has 3 aromatic carbocycles. The zero-order valence-electron chi connectivity index (χ0n) is 15.1. The van der Waals surface area contributed by atoms with Gasteiger partial charge in [0.2, 0.25) is 0 Å². The third-order valence-corrected chi connectivity index (χ3v) is 5.66. The highest BCUT2D eigenvalue weighted by molar-refractivity contribution is 7.92. The molecular formula is C20H16ClFN2O4S. The molecule has 9 heteroatoms. The van der Waals surface area contributed by atoms with Crippen LogP contribution in [0, 0.1) is 5.82 Å². The number of carbonyl (C=O) groups excluding carboxylic acids is 1. The summed E-state index contributed by atoms with van der Waals surface area (Å²) in [6.45, 7) is 0. The number of methoxy groups -OCH3 is 1. The molecule has 0 fully saturated rings. The molecule has 29 heavy (non-hydrogen) atoms. The van der Waals surface area contributed by atoms with Gasteiger partial charge in [-0.05, 0) is 66.7 Å². The lowest BCUT2D eigenvalue weighted by molar-refractivity contribution is 0.102. The molecule has 0 aliphatic heterocycles. The van der Waals surface area contributed by atoms with Crippen LogP contribution in [0.2, 0.25) is 5.02 Å². The van der Waals surface area contributed by atoms with Crippen LogP contribution in [0.5, 0.6) is 5.75 Å². The highest BCUT2D eigenvalue weighted by Crippen LogP contribution is 2.27. The average Bonchev–Trinajstić information content (AvgIpc) is 2.71. The van der Waals surface area contributed by atoms with Gasteiger partial charge >= 0.3 is 0 Å². The Bertz CT molecular complexity index is 1130. The fraction of sp³-hybridized carbons (Fsp3) is 0.0500. The number of ether oxygens (including phenoxy) is 1. The van der Waals surface area contributed by atoms with Crippen molar-refractivity contribution in [3.05, 3.63) is 83.1 Å². The van der Waals surface area contributed by atoms with E-state index >= 15 is 0 Å². The van der Waals surface area contributed by atoms with Gasteiger partial charge in [0.05, 0.1) is 22.7 Å². The second-order valence-corrected chi connectivity index (χ2v) is 8.03. The molecule has 0 saturated carbocycles. The van der Waals surface area contributed by atoms with Crippen molar-refractivity contribution in [3.8, 4) is 5.75 Å². The topological polar surface area (TPSA) is 84.5 Å². The minimum Gasteiger partial charge on any atom is -0.497 e. The number of carbonyl (C=O) groups is 1.